The van der Waals surface area contributed by atoms with Crippen LogP contribution in [-0.2, 0) is 4.79 Å². The summed E-state index contributed by atoms with van der Waals surface area (Å²) in [7, 11) is 0. The maximum Gasteiger partial charge on any atom is 0.303 e. The van der Waals surface area contributed by atoms with Crippen molar-refractivity contribution in [2.24, 2.45) is 23.2 Å². The Kier molecular flexibility index (Phi) is 6.11. The lowest BCUT2D eigenvalue weighted by Gasteiger charge is -2.62. The quantitative estimate of drug-likeness (QED) is 0.368. The van der Waals surface area contributed by atoms with Gasteiger partial charge in [-0.05, 0) is 73.5 Å². The number of benzene rings is 1. The molecule has 3 aliphatic rings. The van der Waals surface area contributed by atoms with E-state index in [4.69, 9.17) is 5.11 Å². The number of thiophene rings is 1. The van der Waals surface area contributed by atoms with Gasteiger partial charge in [0.2, 0.25) is 0 Å². The molecule has 1 amide bonds. The average Bonchev–Trinajstić information content (AvgIpc) is 3.13. The number of amides is 1. The molecule has 0 spiro atoms. The van der Waals surface area contributed by atoms with Crippen LogP contribution in [0.4, 0.5) is 0 Å². The number of hydrogen-bond donors (Lipinski definition) is 3. The van der Waals surface area contributed by atoms with Crippen molar-refractivity contribution in [3.05, 3.63) is 41.3 Å². The van der Waals surface area contributed by atoms with Gasteiger partial charge in [0.05, 0.1) is 5.56 Å². The Morgan fingerprint density at radius 2 is 2.06 bits per heavy atom. The number of hydrogen-bond acceptors (Lipinski definition) is 4. The number of allylic oxidation sites excluding steroid dienone is 2. The first-order valence-electron chi connectivity index (χ1n) is 11.1. The monoisotopic (exact) mass is 441 g/mol. The molecule has 0 aliphatic heterocycles. The molecular weight excluding hydrogens is 410 g/mol. The molecule has 3 aliphatic carbocycles. The highest BCUT2D eigenvalue weighted by molar-refractivity contribution is 7.17. The molecule has 166 valence electrons. The highest BCUT2D eigenvalue weighted by Crippen LogP contribution is 2.61. The van der Waals surface area contributed by atoms with Crippen molar-refractivity contribution >= 4 is 33.3 Å². The summed E-state index contributed by atoms with van der Waals surface area (Å²) in [6.07, 6.45) is 9.08. The van der Waals surface area contributed by atoms with Gasteiger partial charge in [-0.2, -0.15) is 0 Å². The SMILES string of the molecule is CC1(C)[C@H]2C[C@H](CC=CCCCC(=O)O)[C@H](NC(=O)c3csc4ccc(O)cc34)[C@@H]1C2. The summed E-state index contributed by atoms with van der Waals surface area (Å²) in [5.41, 5.74) is 0.882. The predicted molar refractivity (Wildman–Crippen MR) is 123 cm³/mol. The maximum absolute atomic E-state index is 13.2. The molecule has 3 N–H and O–H groups in total. The van der Waals surface area contributed by atoms with E-state index in [-0.39, 0.29) is 29.5 Å². The molecule has 5 rings (SSSR count). The lowest BCUT2D eigenvalue weighted by Crippen LogP contribution is -2.63. The third-order valence-corrected chi connectivity index (χ3v) is 8.50. The van der Waals surface area contributed by atoms with Crippen molar-refractivity contribution in [1.29, 1.82) is 0 Å². The number of unbranched alkanes of at least 4 members (excludes halogenated alkanes) is 1. The van der Waals surface area contributed by atoms with Crippen LogP contribution in [0, 0.1) is 23.2 Å². The van der Waals surface area contributed by atoms with Gasteiger partial charge in [0.25, 0.3) is 5.91 Å². The van der Waals surface area contributed by atoms with Gasteiger partial charge in [0.15, 0.2) is 0 Å². The number of fused-ring (bicyclic) bond motifs is 3. The van der Waals surface area contributed by atoms with E-state index >= 15 is 0 Å². The van der Waals surface area contributed by atoms with Crippen LogP contribution in [0.1, 0.15) is 62.7 Å². The lowest BCUT2D eigenvalue weighted by molar-refractivity contribution is -0.137. The van der Waals surface area contributed by atoms with Crippen molar-refractivity contribution in [3.63, 3.8) is 0 Å². The minimum Gasteiger partial charge on any atom is -0.508 e. The fourth-order valence-corrected chi connectivity index (χ4v) is 6.47. The summed E-state index contributed by atoms with van der Waals surface area (Å²) in [5.74, 6) is 0.939. The first-order valence-corrected chi connectivity index (χ1v) is 12.0. The van der Waals surface area contributed by atoms with Crippen LogP contribution in [0.2, 0.25) is 0 Å². The summed E-state index contributed by atoms with van der Waals surface area (Å²) < 4.78 is 0.997. The Morgan fingerprint density at radius 3 is 2.81 bits per heavy atom. The second-order valence-corrected chi connectivity index (χ2v) is 10.6. The van der Waals surface area contributed by atoms with Crippen LogP contribution in [0.5, 0.6) is 5.75 Å². The summed E-state index contributed by atoms with van der Waals surface area (Å²) in [6.45, 7) is 4.64. The first kappa shape index (κ1) is 21.9. The molecule has 1 heterocycles. The second-order valence-electron chi connectivity index (χ2n) is 9.68. The third kappa shape index (κ3) is 4.36. The Bertz CT molecular complexity index is 1010. The van der Waals surface area contributed by atoms with Gasteiger partial charge < -0.3 is 15.5 Å². The van der Waals surface area contributed by atoms with Gasteiger partial charge in [0.1, 0.15) is 5.75 Å². The standard InChI is InChI=1S/C25H31NO4S/c1-25(2)16-11-15(7-5-3-4-6-8-22(28)29)23(20(25)12-16)26-24(30)19-14-31-21-10-9-17(27)13-18(19)21/h3,5,9-10,13-16,20,23,27H,4,6-8,11-12H2,1-2H3,(H,26,30)(H,28,29)/t15-,16-,20-,23-/m0/s1. The van der Waals surface area contributed by atoms with Crippen LogP contribution in [-0.4, -0.2) is 28.1 Å². The molecule has 0 unspecified atom stereocenters. The van der Waals surface area contributed by atoms with E-state index in [9.17, 15) is 14.7 Å². The summed E-state index contributed by atoms with van der Waals surface area (Å²) in [6, 6.07) is 5.30. The molecule has 0 saturated heterocycles. The van der Waals surface area contributed by atoms with E-state index < -0.39 is 5.97 Å². The summed E-state index contributed by atoms with van der Waals surface area (Å²) in [5, 5.41) is 24.7. The zero-order valence-corrected chi connectivity index (χ0v) is 19.0. The fraction of sp³-hybridized carbons (Fsp3) is 0.520. The summed E-state index contributed by atoms with van der Waals surface area (Å²) in [4.78, 5) is 23.9. The van der Waals surface area contributed by atoms with Gasteiger partial charge in [0, 0.05) is 27.9 Å². The van der Waals surface area contributed by atoms with E-state index in [1.165, 1.54) is 17.8 Å². The molecule has 6 heteroatoms. The lowest BCUT2D eigenvalue weighted by atomic mass is 9.44. The molecule has 1 aromatic carbocycles. The largest absolute Gasteiger partial charge is 0.508 e. The van der Waals surface area contributed by atoms with Crippen molar-refractivity contribution in [2.45, 2.75) is 58.4 Å². The molecule has 0 radical (unpaired) electrons. The minimum atomic E-state index is -0.750. The third-order valence-electron chi connectivity index (χ3n) is 7.54. The Balaban J connectivity index is 1.46. The number of carboxylic acids is 1. The van der Waals surface area contributed by atoms with E-state index in [1.807, 2.05) is 11.4 Å². The molecule has 3 saturated carbocycles. The van der Waals surface area contributed by atoms with Crippen molar-refractivity contribution in [1.82, 2.24) is 5.32 Å². The first-order chi connectivity index (χ1) is 14.8. The van der Waals surface area contributed by atoms with Gasteiger partial charge in [-0.1, -0.05) is 26.0 Å². The number of phenols is 1. The van der Waals surface area contributed by atoms with Crippen molar-refractivity contribution < 1.29 is 19.8 Å². The molecule has 1 aromatic heterocycles. The minimum absolute atomic E-state index is 0.0570. The smallest absolute Gasteiger partial charge is 0.303 e. The molecule has 4 atom stereocenters. The zero-order chi connectivity index (χ0) is 22.2. The number of phenolic OH excluding ortho intramolecular Hbond substituents is 1. The van der Waals surface area contributed by atoms with E-state index in [0.717, 1.165) is 29.3 Å². The molecule has 2 aromatic rings. The zero-order valence-electron chi connectivity index (χ0n) is 18.1. The van der Waals surface area contributed by atoms with Gasteiger partial charge in [-0.25, -0.2) is 0 Å². The van der Waals surface area contributed by atoms with E-state index in [0.29, 0.717) is 29.7 Å². The Morgan fingerprint density at radius 1 is 1.26 bits per heavy atom. The molecule has 3 fully saturated rings. The maximum atomic E-state index is 13.2. The number of aromatic hydroxyl groups is 1. The average molecular weight is 442 g/mol. The number of nitrogens with one attached hydrogen (secondary N) is 1. The van der Waals surface area contributed by atoms with Gasteiger partial charge >= 0.3 is 5.97 Å². The molecule has 2 bridgehead atoms. The number of carbonyl (C=O) groups is 2. The number of rotatable bonds is 8. The van der Waals surface area contributed by atoms with Crippen molar-refractivity contribution in [2.75, 3.05) is 0 Å². The number of aliphatic carboxylic acids is 1. The fourth-order valence-electron chi connectivity index (χ4n) is 5.55. The topological polar surface area (TPSA) is 86.6 Å². The van der Waals surface area contributed by atoms with Gasteiger partial charge in [-0.3, -0.25) is 9.59 Å². The molecule has 5 nitrogen and oxygen atoms in total. The number of carbonyl (C=O) groups excluding carboxylic acids is 1. The van der Waals surface area contributed by atoms with E-state index in [2.05, 4.69) is 31.3 Å². The normalized spacial score (nSPS) is 26.6. The van der Waals surface area contributed by atoms with Crippen LogP contribution in [0.3, 0.4) is 0 Å². The number of carboxylic acid groups (broad SMARTS) is 1. The highest BCUT2D eigenvalue weighted by atomic mass is 32.1. The van der Waals surface area contributed by atoms with Crippen molar-refractivity contribution in [3.8, 4) is 5.75 Å². The van der Waals surface area contributed by atoms with Crippen LogP contribution >= 0.6 is 11.3 Å². The predicted octanol–water partition coefficient (Wildman–Crippen LogP) is 5.59. The highest BCUT2D eigenvalue weighted by Gasteiger charge is 2.57. The van der Waals surface area contributed by atoms with Gasteiger partial charge in [-0.15, -0.1) is 11.3 Å². The molecule has 31 heavy (non-hydrogen) atoms. The van der Waals surface area contributed by atoms with E-state index in [1.54, 1.807) is 12.1 Å². The summed E-state index contributed by atoms with van der Waals surface area (Å²) >= 11 is 1.52. The van der Waals surface area contributed by atoms with Crippen LogP contribution in [0.25, 0.3) is 10.1 Å². The molecular formula is C25H31NO4S. The van der Waals surface area contributed by atoms with Crippen LogP contribution < -0.4 is 5.32 Å². The second kappa shape index (κ2) is 8.65. The van der Waals surface area contributed by atoms with Crippen LogP contribution in [0.15, 0.2) is 35.7 Å². The Hall–Kier alpha value is -2.34. The Labute approximate surface area is 187 Å².